The van der Waals surface area contributed by atoms with Gasteiger partial charge >= 0.3 is 0 Å². The summed E-state index contributed by atoms with van der Waals surface area (Å²) in [5.74, 6) is 0.205. The lowest BCUT2D eigenvalue weighted by atomic mass is 9.86. The second-order valence-electron chi connectivity index (χ2n) is 5.09. The third-order valence-electron chi connectivity index (χ3n) is 3.61. The number of halogens is 2. The molecule has 0 saturated heterocycles. The Morgan fingerprint density at radius 3 is 2.79 bits per heavy atom. The number of hydrogen-bond acceptors (Lipinski definition) is 1. The highest BCUT2D eigenvalue weighted by atomic mass is 35.5. The monoisotopic (exact) mass is 300 g/mol. The number of benzene rings is 1. The molecule has 0 unspecified atom stereocenters. The van der Waals surface area contributed by atoms with Crippen LogP contribution in [-0.4, -0.2) is 11.2 Å². The standard InChI is InChI=1S/C14H18ClFN2S/c1-9-4-2-3-5-12(9)17-14(19)18-13-7-6-10(15)8-11(13)16/h6-9,12H,2-5H2,1H3,(H2,17,18,19)/t9-,12-/m1/s1. The van der Waals surface area contributed by atoms with E-state index in [2.05, 4.69) is 17.6 Å². The van der Waals surface area contributed by atoms with Crippen LogP contribution in [0.4, 0.5) is 10.1 Å². The van der Waals surface area contributed by atoms with Gasteiger partial charge < -0.3 is 10.6 Å². The molecule has 0 heterocycles. The number of thiocarbonyl (C=S) groups is 1. The molecule has 2 nitrogen and oxygen atoms in total. The maximum Gasteiger partial charge on any atom is 0.171 e. The van der Waals surface area contributed by atoms with Crippen molar-refractivity contribution in [2.75, 3.05) is 5.32 Å². The molecule has 1 aliphatic rings. The SMILES string of the molecule is C[C@@H]1CCCC[C@H]1NC(=S)Nc1ccc(Cl)cc1F. The van der Waals surface area contributed by atoms with Gasteiger partial charge in [-0.3, -0.25) is 0 Å². The van der Waals surface area contributed by atoms with Crippen molar-refractivity contribution in [2.45, 2.75) is 38.6 Å². The van der Waals surface area contributed by atoms with E-state index in [9.17, 15) is 4.39 Å². The van der Waals surface area contributed by atoms with E-state index in [4.69, 9.17) is 23.8 Å². The predicted octanol–water partition coefficient (Wildman–Crippen LogP) is 4.34. The molecule has 1 aromatic carbocycles. The fraction of sp³-hybridized carbons (Fsp3) is 0.500. The molecule has 2 rings (SSSR count). The van der Waals surface area contributed by atoms with Crippen molar-refractivity contribution in [3.63, 3.8) is 0 Å². The molecule has 0 bridgehead atoms. The Kier molecular flexibility index (Phi) is 4.99. The highest BCUT2D eigenvalue weighted by Crippen LogP contribution is 2.24. The van der Waals surface area contributed by atoms with Crippen LogP contribution in [0, 0.1) is 11.7 Å². The minimum atomic E-state index is -0.395. The molecule has 1 aliphatic carbocycles. The molecular formula is C14H18ClFN2S. The first kappa shape index (κ1) is 14.5. The summed E-state index contributed by atoms with van der Waals surface area (Å²) >= 11 is 11.0. The van der Waals surface area contributed by atoms with Crippen LogP contribution < -0.4 is 10.6 Å². The van der Waals surface area contributed by atoms with Crippen molar-refractivity contribution in [3.05, 3.63) is 29.0 Å². The van der Waals surface area contributed by atoms with Crippen LogP contribution in [0.3, 0.4) is 0 Å². The van der Waals surface area contributed by atoms with E-state index in [1.807, 2.05) is 0 Å². The third-order valence-corrected chi connectivity index (χ3v) is 4.06. The molecule has 0 spiro atoms. The Balaban J connectivity index is 1.93. The summed E-state index contributed by atoms with van der Waals surface area (Å²) < 4.78 is 13.6. The van der Waals surface area contributed by atoms with Gasteiger partial charge in [0.1, 0.15) is 5.82 Å². The summed E-state index contributed by atoms with van der Waals surface area (Å²) in [6.45, 7) is 2.22. The average Bonchev–Trinajstić information content (AvgIpc) is 2.36. The van der Waals surface area contributed by atoms with Gasteiger partial charge in [0.25, 0.3) is 0 Å². The Bertz CT molecular complexity index is 467. The maximum absolute atomic E-state index is 13.6. The Morgan fingerprint density at radius 1 is 1.37 bits per heavy atom. The van der Waals surface area contributed by atoms with Gasteiger partial charge in [-0.1, -0.05) is 31.4 Å². The van der Waals surface area contributed by atoms with Crippen LogP contribution in [-0.2, 0) is 0 Å². The van der Waals surface area contributed by atoms with Crippen LogP contribution in [0.15, 0.2) is 18.2 Å². The van der Waals surface area contributed by atoms with Gasteiger partial charge in [0.05, 0.1) is 5.69 Å². The van der Waals surface area contributed by atoms with Gasteiger partial charge in [-0.15, -0.1) is 0 Å². The van der Waals surface area contributed by atoms with Crippen LogP contribution in [0.1, 0.15) is 32.6 Å². The van der Waals surface area contributed by atoms with Gasteiger partial charge in [-0.05, 0) is 49.2 Å². The Morgan fingerprint density at radius 2 is 2.11 bits per heavy atom. The van der Waals surface area contributed by atoms with Gasteiger partial charge in [0, 0.05) is 11.1 Å². The number of nitrogens with one attached hydrogen (secondary N) is 2. The number of rotatable bonds is 2. The summed E-state index contributed by atoms with van der Waals surface area (Å²) in [6, 6.07) is 4.88. The van der Waals surface area contributed by atoms with Crippen LogP contribution >= 0.6 is 23.8 Å². The zero-order valence-corrected chi connectivity index (χ0v) is 12.5. The van der Waals surface area contributed by atoms with Gasteiger partial charge in [-0.2, -0.15) is 0 Å². The van der Waals surface area contributed by atoms with Gasteiger partial charge in [-0.25, -0.2) is 4.39 Å². The molecule has 0 aliphatic heterocycles. The van der Waals surface area contributed by atoms with Crippen LogP contribution in [0.2, 0.25) is 5.02 Å². The van der Waals surface area contributed by atoms with Crippen LogP contribution in [0.5, 0.6) is 0 Å². The fourth-order valence-electron chi connectivity index (χ4n) is 2.45. The quantitative estimate of drug-likeness (QED) is 0.794. The minimum Gasteiger partial charge on any atom is -0.359 e. The summed E-state index contributed by atoms with van der Waals surface area (Å²) in [5, 5.41) is 7.02. The maximum atomic E-state index is 13.6. The van der Waals surface area contributed by atoms with E-state index in [1.165, 1.54) is 25.3 Å². The fourth-order valence-corrected chi connectivity index (χ4v) is 2.87. The highest BCUT2D eigenvalue weighted by Gasteiger charge is 2.21. The van der Waals surface area contributed by atoms with Crippen molar-refractivity contribution < 1.29 is 4.39 Å². The largest absolute Gasteiger partial charge is 0.359 e. The first-order chi connectivity index (χ1) is 9.06. The number of anilines is 1. The Labute approximate surface area is 123 Å². The molecule has 1 aromatic rings. The van der Waals surface area contributed by atoms with Gasteiger partial charge in [0.2, 0.25) is 0 Å². The lowest BCUT2D eigenvalue weighted by Gasteiger charge is -2.30. The Hall–Kier alpha value is -0.870. The predicted molar refractivity (Wildman–Crippen MR) is 82.2 cm³/mol. The van der Waals surface area contributed by atoms with Crippen molar-refractivity contribution in [2.24, 2.45) is 5.92 Å². The summed E-state index contributed by atoms with van der Waals surface area (Å²) in [4.78, 5) is 0. The average molecular weight is 301 g/mol. The lowest BCUT2D eigenvalue weighted by Crippen LogP contribution is -2.43. The molecule has 5 heteroatoms. The second-order valence-corrected chi connectivity index (χ2v) is 5.94. The minimum absolute atomic E-state index is 0.352. The van der Waals surface area contributed by atoms with E-state index < -0.39 is 5.82 Å². The molecular weight excluding hydrogens is 283 g/mol. The summed E-state index contributed by atoms with van der Waals surface area (Å²) in [7, 11) is 0. The van der Waals surface area contributed by atoms with E-state index in [0.29, 0.717) is 27.8 Å². The third kappa shape index (κ3) is 4.05. The number of hydrogen-bond donors (Lipinski definition) is 2. The topological polar surface area (TPSA) is 24.1 Å². The molecule has 2 N–H and O–H groups in total. The molecule has 2 atom stereocenters. The van der Waals surface area contributed by atoms with Crippen molar-refractivity contribution in [3.8, 4) is 0 Å². The first-order valence-electron chi connectivity index (χ1n) is 6.59. The zero-order valence-electron chi connectivity index (χ0n) is 10.9. The van der Waals surface area contributed by atoms with Crippen molar-refractivity contribution in [1.82, 2.24) is 5.32 Å². The van der Waals surface area contributed by atoms with Crippen molar-refractivity contribution in [1.29, 1.82) is 0 Å². The van der Waals surface area contributed by atoms with Gasteiger partial charge in [0.15, 0.2) is 5.11 Å². The van der Waals surface area contributed by atoms with E-state index in [1.54, 1.807) is 12.1 Å². The molecule has 1 fully saturated rings. The normalized spacial score (nSPS) is 22.9. The molecule has 0 radical (unpaired) electrons. The molecule has 0 amide bonds. The molecule has 1 saturated carbocycles. The smallest absolute Gasteiger partial charge is 0.171 e. The van der Waals surface area contributed by atoms with E-state index in [0.717, 1.165) is 6.42 Å². The van der Waals surface area contributed by atoms with E-state index >= 15 is 0 Å². The first-order valence-corrected chi connectivity index (χ1v) is 7.37. The lowest BCUT2D eigenvalue weighted by molar-refractivity contribution is 0.309. The summed E-state index contributed by atoms with van der Waals surface area (Å²) in [6.07, 6.45) is 4.84. The molecule has 0 aromatic heterocycles. The second kappa shape index (κ2) is 6.53. The zero-order chi connectivity index (χ0) is 13.8. The van der Waals surface area contributed by atoms with Crippen LogP contribution in [0.25, 0.3) is 0 Å². The summed E-state index contributed by atoms with van der Waals surface area (Å²) in [5.41, 5.74) is 0.352. The van der Waals surface area contributed by atoms with Crippen molar-refractivity contribution >= 4 is 34.6 Å². The molecule has 19 heavy (non-hydrogen) atoms. The molecule has 104 valence electrons. The highest BCUT2D eigenvalue weighted by molar-refractivity contribution is 7.80. The van der Waals surface area contributed by atoms with E-state index in [-0.39, 0.29) is 0 Å².